The molecule has 0 bridgehead atoms. The lowest BCUT2D eigenvalue weighted by Crippen LogP contribution is -2.38. The Hall–Kier alpha value is -3.01. The number of benzene rings is 1. The van der Waals surface area contributed by atoms with Crippen molar-refractivity contribution >= 4 is 29.2 Å². The van der Waals surface area contributed by atoms with Gasteiger partial charge in [0.15, 0.2) is 0 Å². The van der Waals surface area contributed by atoms with Crippen molar-refractivity contribution in [2.45, 2.75) is 12.7 Å². The highest BCUT2D eigenvalue weighted by Crippen LogP contribution is 2.29. The highest BCUT2D eigenvalue weighted by molar-refractivity contribution is 6.30. The second-order valence-electron chi connectivity index (χ2n) is 5.24. The zero-order valence-corrected chi connectivity index (χ0v) is 14.5. The number of carbonyl (C=O) groups excluding carboxylic acids is 2. The number of imide groups is 1. The van der Waals surface area contributed by atoms with Gasteiger partial charge in [-0.2, -0.15) is 13.2 Å². The van der Waals surface area contributed by atoms with Gasteiger partial charge in [-0.3, -0.25) is 14.9 Å². The highest BCUT2D eigenvalue weighted by atomic mass is 35.5. The van der Waals surface area contributed by atoms with Crippen LogP contribution in [-0.2, 0) is 17.5 Å². The summed E-state index contributed by atoms with van der Waals surface area (Å²) < 4.78 is 43.8. The van der Waals surface area contributed by atoms with Crippen LogP contribution in [0.1, 0.15) is 5.56 Å². The Balaban J connectivity index is 2.05. The molecule has 2 aromatic rings. The molecule has 0 fully saturated rings. The fourth-order valence-electron chi connectivity index (χ4n) is 2.03. The van der Waals surface area contributed by atoms with Crippen molar-refractivity contribution in [1.29, 1.82) is 0 Å². The Morgan fingerprint density at radius 1 is 1.22 bits per heavy atom. The maximum atomic E-state index is 12.8. The SMILES string of the molecule is COc1ccc(NC(=O)NC(=O)Cn2cc(C(F)(F)F)cc(Cl)c2=O)cc1. The molecule has 0 aliphatic heterocycles. The lowest BCUT2D eigenvalue weighted by molar-refractivity contribution is -0.138. The van der Waals surface area contributed by atoms with Crippen LogP contribution in [0.3, 0.4) is 0 Å². The van der Waals surface area contributed by atoms with Crippen LogP contribution in [0, 0.1) is 0 Å². The Labute approximate surface area is 155 Å². The van der Waals surface area contributed by atoms with E-state index in [9.17, 15) is 27.6 Å². The van der Waals surface area contributed by atoms with Gasteiger partial charge < -0.3 is 14.6 Å². The van der Waals surface area contributed by atoms with E-state index in [2.05, 4.69) is 5.32 Å². The summed E-state index contributed by atoms with van der Waals surface area (Å²) in [5.74, 6) is -0.448. The summed E-state index contributed by atoms with van der Waals surface area (Å²) in [7, 11) is 1.47. The Morgan fingerprint density at radius 3 is 2.41 bits per heavy atom. The monoisotopic (exact) mass is 403 g/mol. The van der Waals surface area contributed by atoms with Gasteiger partial charge in [-0.1, -0.05) is 11.6 Å². The van der Waals surface area contributed by atoms with Crippen LogP contribution in [-0.4, -0.2) is 23.6 Å². The van der Waals surface area contributed by atoms with Crippen LogP contribution >= 0.6 is 11.6 Å². The third-order valence-corrected chi connectivity index (χ3v) is 3.56. The summed E-state index contributed by atoms with van der Waals surface area (Å²) in [4.78, 5) is 35.4. The van der Waals surface area contributed by atoms with E-state index in [4.69, 9.17) is 16.3 Å². The quantitative estimate of drug-likeness (QED) is 0.821. The fourth-order valence-corrected chi connectivity index (χ4v) is 2.26. The molecule has 0 saturated carbocycles. The molecule has 0 atom stereocenters. The Kier molecular flexibility index (Phi) is 6.11. The second-order valence-corrected chi connectivity index (χ2v) is 5.65. The molecule has 2 N–H and O–H groups in total. The minimum Gasteiger partial charge on any atom is -0.497 e. The number of rotatable bonds is 4. The number of ether oxygens (including phenoxy) is 1. The van der Waals surface area contributed by atoms with Gasteiger partial charge in [0.1, 0.15) is 17.3 Å². The van der Waals surface area contributed by atoms with Crippen molar-refractivity contribution in [1.82, 2.24) is 9.88 Å². The number of methoxy groups -OCH3 is 1. The van der Waals surface area contributed by atoms with Crippen LogP contribution in [0.2, 0.25) is 5.02 Å². The summed E-state index contributed by atoms with van der Waals surface area (Å²) in [6.45, 7) is -0.821. The number of halogens is 4. The van der Waals surface area contributed by atoms with Crippen LogP contribution in [0.5, 0.6) is 5.75 Å². The number of nitrogens with zero attached hydrogens (tertiary/aromatic N) is 1. The number of pyridine rings is 1. The first-order valence-corrected chi connectivity index (χ1v) is 7.70. The number of urea groups is 1. The van der Waals surface area contributed by atoms with Crippen molar-refractivity contribution in [3.63, 3.8) is 0 Å². The summed E-state index contributed by atoms with van der Waals surface area (Å²) >= 11 is 5.49. The standard InChI is InChI=1S/C16H13ClF3N3O4/c1-27-11-4-2-10(3-5-11)21-15(26)22-13(24)8-23-7-9(16(18,19)20)6-12(17)14(23)25/h2-7H,8H2,1H3,(H2,21,22,24,26). The minimum absolute atomic E-state index is 0.348. The Morgan fingerprint density at radius 2 is 1.85 bits per heavy atom. The first kappa shape index (κ1) is 20.3. The first-order valence-electron chi connectivity index (χ1n) is 7.32. The molecule has 0 spiro atoms. The summed E-state index contributed by atoms with van der Waals surface area (Å²) in [6, 6.07) is 5.72. The van der Waals surface area contributed by atoms with Crippen molar-refractivity contribution in [3.05, 3.63) is 57.5 Å². The van der Waals surface area contributed by atoms with Gasteiger partial charge in [0, 0.05) is 11.9 Å². The molecule has 2 rings (SSSR count). The number of carbonyl (C=O) groups is 2. The molecule has 1 aromatic heterocycles. The van der Waals surface area contributed by atoms with E-state index in [-0.39, 0.29) is 0 Å². The summed E-state index contributed by atoms with van der Waals surface area (Å²) in [5, 5.41) is 3.56. The zero-order chi connectivity index (χ0) is 20.2. The zero-order valence-electron chi connectivity index (χ0n) is 13.8. The average molecular weight is 404 g/mol. The van der Waals surface area contributed by atoms with Crippen molar-refractivity contribution in [3.8, 4) is 5.75 Å². The van der Waals surface area contributed by atoms with E-state index in [1.54, 1.807) is 12.1 Å². The number of hydrogen-bond acceptors (Lipinski definition) is 4. The van der Waals surface area contributed by atoms with Crippen molar-refractivity contribution in [2.75, 3.05) is 12.4 Å². The predicted octanol–water partition coefficient (Wildman–Crippen LogP) is 2.88. The third-order valence-electron chi connectivity index (χ3n) is 3.28. The molecule has 0 aliphatic rings. The highest BCUT2D eigenvalue weighted by Gasteiger charge is 2.32. The maximum Gasteiger partial charge on any atom is 0.417 e. The number of alkyl halides is 3. The molecule has 0 unspecified atom stereocenters. The molecule has 1 heterocycles. The molecule has 11 heteroatoms. The van der Waals surface area contributed by atoms with Gasteiger partial charge in [-0.05, 0) is 30.3 Å². The van der Waals surface area contributed by atoms with Crippen molar-refractivity contribution < 1.29 is 27.5 Å². The fraction of sp³-hybridized carbons (Fsp3) is 0.188. The average Bonchev–Trinajstić information content (AvgIpc) is 2.58. The largest absolute Gasteiger partial charge is 0.497 e. The summed E-state index contributed by atoms with van der Waals surface area (Å²) in [6.07, 6.45) is -4.30. The molecular weight excluding hydrogens is 391 g/mol. The maximum absolute atomic E-state index is 12.8. The molecule has 0 radical (unpaired) electrons. The van der Waals surface area contributed by atoms with Crippen LogP contribution in [0.25, 0.3) is 0 Å². The second kappa shape index (κ2) is 8.12. The molecule has 144 valence electrons. The van der Waals surface area contributed by atoms with E-state index in [0.717, 1.165) is 0 Å². The van der Waals surface area contributed by atoms with Gasteiger partial charge in [0.2, 0.25) is 5.91 Å². The lowest BCUT2D eigenvalue weighted by Gasteiger charge is -2.12. The van der Waals surface area contributed by atoms with Gasteiger partial charge in [0.05, 0.1) is 12.7 Å². The van der Waals surface area contributed by atoms with E-state index in [1.807, 2.05) is 5.32 Å². The number of aromatic nitrogens is 1. The molecular formula is C16H13ClF3N3O4. The molecule has 0 aliphatic carbocycles. The number of amides is 3. The topological polar surface area (TPSA) is 89.4 Å². The van der Waals surface area contributed by atoms with Crippen LogP contribution < -0.4 is 20.9 Å². The van der Waals surface area contributed by atoms with E-state index in [0.29, 0.717) is 28.3 Å². The van der Waals surface area contributed by atoms with Gasteiger partial charge in [0.25, 0.3) is 5.56 Å². The van der Waals surface area contributed by atoms with Gasteiger partial charge >= 0.3 is 12.2 Å². The van der Waals surface area contributed by atoms with Gasteiger partial charge in [-0.25, -0.2) is 4.79 Å². The molecule has 1 aromatic carbocycles. The van der Waals surface area contributed by atoms with Crippen LogP contribution in [0.4, 0.5) is 23.7 Å². The minimum atomic E-state index is -4.75. The molecule has 3 amide bonds. The Bertz CT molecular complexity index is 911. The lowest BCUT2D eigenvalue weighted by atomic mass is 10.2. The van der Waals surface area contributed by atoms with E-state index in [1.165, 1.54) is 19.2 Å². The molecule has 27 heavy (non-hydrogen) atoms. The normalized spacial score (nSPS) is 11.0. The van der Waals surface area contributed by atoms with Crippen molar-refractivity contribution in [2.24, 2.45) is 0 Å². The molecule has 7 nitrogen and oxygen atoms in total. The smallest absolute Gasteiger partial charge is 0.417 e. The third kappa shape index (κ3) is 5.48. The van der Waals surface area contributed by atoms with Gasteiger partial charge in [-0.15, -0.1) is 0 Å². The predicted molar refractivity (Wildman–Crippen MR) is 90.9 cm³/mol. The van der Waals surface area contributed by atoms with Crippen LogP contribution in [0.15, 0.2) is 41.3 Å². The number of hydrogen-bond donors (Lipinski definition) is 2. The number of anilines is 1. The van der Waals surface area contributed by atoms with E-state index < -0.39 is 40.8 Å². The summed E-state index contributed by atoms with van der Waals surface area (Å²) in [5.41, 5.74) is -1.83. The first-order chi connectivity index (χ1) is 12.6. The number of nitrogens with one attached hydrogen (secondary N) is 2. The van der Waals surface area contributed by atoms with E-state index >= 15 is 0 Å². The molecule has 0 saturated heterocycles.